The Bertz CT molecular complexity index is 1460. The number of likely N-dealkylation sites (tertiary alicyclic amines) is 1. The van der Waals surface area contributed by atoms with Crippen LogP contribution in [0.1, 0.15) is 106 Å². The Kier molecular flexibility index (Phi) is 12.6. The van der Waals surface area contributed by atoms with Gasteiger partial charge < -0.3 is 16.4 Å². The molecular weight excluding hydrogens is 591 g/mol. The van der Waals surface area contributed by atoms with E-state index in [1.54, 1.807) is 4.90 Å². The van der Waals surface area contributed by atoms with Crippen molar-refractivity contribution in [3.63, 3.8) is 0 Å². The summed E-state index contributed by atoms with van der Waals surface area (Å²) in [6.45, 7) is 13.6. The largest absolute Gasteiger partial charge is 0.402 e. The lowest BCUT2D eigenvalue weighted by molar-refractivity contribution is -0.117. The van der Waals surface area contributed by atoms with Crippen molar-refractivity contribution >= 4 is 38.0 Å². The highest BCUT2D eigenvalue weighted by Crippen LogP contribution is 2.39. The van der Waals surface area contributed by atoms with Crippen LogP contribution >= 0.6 is 9.24 Å². The quantitative estimate of drug-likeness (QED) is 0.213. The number of piperidine rings is 1. The summed E-state index contributed by atoms with van der Waals surface area (Å²) in [7, 11) is 1.44. The molecule has 4 N–H and O–H groups in total. The van der Waals surface area contributed by atoms with E-state index in [4.69, 9.17) is 16.5 Å². The highest BCUT2D eigenvalue weighted by molar-refractivity contribution is 7.17. The standard InChI is InChI=1S/C29H38F2N5OP.C6H10O/c1-4-7-21(32)27-24(35-23-11-10-19(14-17(23)3)18-8-6-9-18)12-13-36(25(27)5-2)28(37)20-16-34-26(15-22(20)33)29(30,31)38;1-4-6(7)5(2)3/h10-11,14-16,18,25H,4-9,12-13,32,38H2,1-3H3,(H2,33,34);4-5H,1H2,2-3H3/b27-21+,35-24?;. The lowest BCUT2D eigenvalue weighted by Gasteiger charge is -2.39. The van der Waals surface area contributed by atoms with Gasteiger partial charge in [0.25, 0.3) is 11.6 Å². The van der Waals surface area contributed by atoms with E-state index >= 15 is 0 Å². The first kappa shape index (κ1) is 36.0. The van der Waals surface area contributed by atoms with Gasteiger partial charge in [0.05, 0.1) is 17.3 Å². The number of rotatable bonds is 9. The van der Waals surface area contributed by atoms with Crippen molar-refractivity contribution in [2.75, 3.05) is 12.3 Å². The first-order valence-corrected chi connectivity index (χ1v) is 16.4. The van der Waals surface area contributed by atoms with Crippen LogP contribution in [0.2, 0.25) is 0 Å². The number of aryl methyl sites for hydroxylation is 1. The second kappa shape index (κ2) is 15.7. The van der Waals surface area contributed by atoms with Crippen LogP contribution in [-0.4, -0.2) is 39.9 Å². The Morgan fingerprint density at radius 1 is 1.24 bits per heavy atom. The lowest BCUT2D eigenvalue weighted by Crippen LogP contribution is -2.49. The molecule has 1 saturated carbocycles. The number of alkyl halides is 2. The molecule has 1 amide bonds. The van der Waals surface area contributed by atoms with E-state index in [-0.39, 0.29) is 34.9 Å². The highest BCUT2D eigenvalue weighted by atomic mass is 31.0. The zero-order valence-electron chi connectivity index (χ0n) is 27.2. The van der Waals surface area contributed by atoms with E-state index in [1.165, 1.54) is 40.1 Å². The van der Waals surface area contributed by atoms with E-state index in [1.807, 2.05) is 20.8 Å². The minimum Gasteiger partial charge on any atom is -0.402 e. The molecule has 2 aliphatic rings. The first-order valence-electron chi connectivity index (χ1n) is 15.8. The molecule has 1 aromatic carbocycles. The molecule has 2 unspecified atom stereocenters. The number of nitrogen functional groups attached to an aromatic ring is 1. The fourth-order valence-electron chi connectivity index (χ4n) is 5.62. The Morgan fingerprint density at radius 3 is 2.40 bits per heavy atom. The number of nitrogens with two attached hydrogens (primary N) is 2. The molecule has 0 bridgehead atoms. The summed E-state index contributed by atoms with van der Waals surface area (Å²) in [4.78, 5) is 34.7. The molecule has 2 aromatic rings. The lowest BCUT2D eigenvalue weighted by atomic mass is 9.79. The average Bonchev–Trinajstić information content (AvgIpc) is 2.96. The summed E-state index contributed by atoms with van der Waals surface area (Å²) in [6.07, 6.45) is 8.99. The van der Waals surface area contributed by atoms with Crippen molar-refractivity contribution in [1.82, 2.24) is 9.88 Å². The van der Waals surface area contributed by atoms with Gasteiger partial charge in [-0.15, -0.1) is 0 Å². The third kappa shape index (κ3) is 8.84. The number of pyridine rings is 1. The molecule has 2 atom stereocenters. The fraction of sp³-hybridized carbons (Fsp3) is 0.486. The van der Waals surface area contributed by atoms with Crippen LogP contribution in [0.15, 0.2) is 59.4 Å². The maximum absolute atomic E-state index is 13.7. The number of nitrogens with zero attached hydrogens (tertiary/aromatic N) is 3. The number of anilines is 1. The number of amides is 1. The second-order valence-corrected chi connectivity index (χ2v) is 12.9. The predicted octanol–water partition coefficient (Wildman–Crippen LogP) is 7.97. The number of allylic oxidation sites excluding steroid dienone is 2. The summed E-state index contributed by atoms with van der Waals surface area (Å²) in [5.41, 5.74) is 15.0. The normalized spacial score (nSPS) is 19.1. The number of carbonyl (C=O) groups is 2. The zero-order chi connectivity index (χ0) is 33.5. The monoisotopic (exact) mass is 639 g/mol. The summed E-state index contributed by atoms with van der Waals surface area (Å²) < 4.78 is 27.4. The van der Waals surface area contributed by atoms with E-state index in [0.29, 0.717) is 31.7 Å². The second-order valence-electron chi connectivity index (χ2n) is 12.1. The van der Waals surface area contributed by atoms with E-state index < -0.39 is 11.4 Å². The van der Waals surface area contributed by atoms with Gasteiger partial charge in [-0.05, 0) is 67.9 Å². The van der Waals surface area contributed by atoms with Crippen molar-refractivity contribution in [3.05, 3.63) is 76.8 Å². The molecular formula is C35H48F2N5O2P. The van der Waals surface area contributed by atoms with Gasteiger partial charge in [0.2, 0.25) is 0 Å². The van der Waals surface area contributed by atoms with Gasteiger partial charge in [-0.1, -0.05) is 68.5 Å². The molecule has 0 spiro atoms. The van der Waals surface area contributed by atoms with Crippen LogP contribution in [0, 0.1) is 12.8 Å². The number of carbonyl (C=O) groups excluding carboxylic acids is 2. The van der Waals surface area contributed by atoms with Crippen LogP contribution in [0.3, 0.4) is 0 Å². The molecule has 7 nitrogen and oxygen atoms in total. The Labute approximate surface area is 268 Å². The van der Waals surface area contributed by atoms with Crippen LogP contribution in [0.25, 0.3) is 0 Å². The topological polar surface area (TPSA) is 115 Å². The first-order chi connectivity index (χ1) is 21.2. The summed E-state index contributed by atoms with van der Waals surface area (Å²) >= 11 is 0. The van der Waals surface area contributed by atoms with E-state index in [2.05, 4.69) is 43.6 Å². The van der Waals surface area contributed by atoms with Gasteiger partial charge in [-0.3, -0.25) is 19.6 Å². The third-order valence-electron chi connectivity index (χ3n) is 8.45. The van der Waals surface area contributed by atoms with Crippen molar-refractivity contribution in [2.45, 2.75) is 97.2 Å². The Morgan fingerprint density at radius 2 is 1.93 bits per heavy atom. The summed E-state index contributed by atoms with van der Waals surface area (Å²) in [5.74, 6) is 0.530. The molecule has 2 heterocycles. The maximum Gasteiger partial charge on any atom is 0.300 e. The fourth-order valence-corrected chi connectivity index (χ4v) is 5.78. The number of aromatic nitrogens is 1. The van der Waals surface area contributed by atoms with Crippen LogP contribution in [0.5, 0.6) is 0 Å². The molecule has 1 aliphatic heterocycles. The maximum atomic E-state index is 13.7. The van der Waals surface area contributed by atoms with Crippen molar-refractivity contribution in [2.24, 2.45) is 16.6 Å². The molecule has 1 saturated heterocycles. The molecule has 45 heavy (non-hydrogen) atoms. The van der Waals surface area contributed by atoms with Crippen LogP contribution < -0.4 is 11.5 Å². The summed E-state index contributed by atoms with van der Waals surface area (Å²) in [6, 6.07) is 7.28. The van der Waals surface area contributed by atoms with Gasteiger partial charge in [-0.25, -0.2) is 0 Å². The van der Waals surface area contributed by atoms with Gasteiger partial charge in [-0.2, -0.15) is 8.78 Å². The van der Waals surface area contributed by atoms with Crippen LogP contribution in [-0.2, 0) is 10.5 Å². The number of benzene rings is 1. The van der Waals surface area contributed by atoms with Gasteiger partial charge in [0.15, 0.2) is 5.78 Å². The van der Waals surface area contributed by atoms with Gasteiger partial charge >= 0.3 is 0 Å². The predicted molar refractivity (Wildman–Crippen MR) is 183 cm³/mol. The molecule has 0 radical (unpaired) electrons. The van der Waals surface area contributed by atoms with Crippen molar-refractivity contribution in [3.8, 4) is 0 Å². The number of halogens is 2. The third-order valence-corrected chi connectivity index (χ3v) is 8.75. The van der Waals surface area contributed by atoms with Gasteiger partial charge in [0.1, 0.15) is 5.69 Å². The van der Waals surface area contributed by atoms with Crippen molar-refractivity contribution < 1.29 is 18.4 Å². The number of ketones is 1. The molecule has 1 aromatic heterocycles. The zero-order valence-corrected chi connectivity index (χ0v) is 28.4. The van der Waals surface area contributed by atoms with Crippen molar-refractivity contribution in [1.29, 1.82) is 0 Å². The van der Waals surface area contributed by atoms with E-state index in [0.717, 1.165) is 46.9 Å². The SMILES string of the molecule is C=CC(=O)C(C)C.CCC/C(N)=C1/C(=Nc2ccc(C3CCC3)cc2C)CCN(C(=O)c2cnc(C(F)(F)P)cc2N)C1CC. The molecule has 4 rings (SSSR count). The Balaban J connectivity index is 0.000000707. The Hall–Kier alpha value is -3.45. The smallest absolute Gasteiger partial charge is 0.300 e. The highest BCUT2D eigenvalue weighted by Gasteiger charge is 2.36. The summed E-state index contributed by atoms with van der Waals surface area (Å²) in [5, 5.41) is 0. The molecule has 10 heteroatoms. The minimum atomic E-state index is -3.23. The van der Waals surface area contributed by atoms with E-state index in [9.17, 15) is 18.4 Å². The van der Waals surface area contributed by atoms with Crippen LogP contribution in [0.4, 0.5) is 20.2 Å². The number of hydrogen-bond acceptors (Lipinski definition) is 6. The average molecular weight is 640 g/mol. The minimum absolute atomic E-state index is 0.0225. The number of hydrogen-bond donors (Lipinski definition) is 2. The molecule has 2 fully saturated rings. The van der Waals surface area contributed by atoms with Gasteiger partial charge in [0, 0.05) is 47.7 Å². The molecule has 244 valence electrons. The molecule has 1 aliphatic carbocycles. The number of aliphatic imine (C=N–C) groups is 1.